The second kappa shape index (κ2) is 5.99. The van der Waals surface area contributed by atoms with Gasteiger partial charge in [-0.25, -0.2) is 0 Å². The largest absolute Gasteiger partial charge is 0.456 e. The molecule has 3 aromatic rings. The predicted octanol–water partition coefficient (Wildman–Crippen LogP) is 5.61. The third-order valence-corrected chi connectivity index (χ3v) is 4.56. The minimum Gasteiger partial charge on any atom is -0.456 e. The van der Waals surface area contributed by atoms with Crippen molar-refractivity contribution in [2.24, 2.45) is 0 Å². The fourth-order valence-electron chi connectivity index (χ4n) is 2.14. The Morgan fingerprint density at radius 2 is 1.82 bits per heavy atom. The number of nitriles is 1. The van der Waals surface area contributed by atoms with Gasteiger partial charge in [-0.05, 0) is 57.0 Å². The lowest BCUT2D eigenvalue weighted by atomic mass is 10.1. The molecular weight excluding hydrogens is 408 g/mol. The van der Waals surface area contributed by atoms with Crippen LogP contribution in [-0.4, -0.2) is 0 Å². The van der Waals surface area contributed by atoms with Gasteiger partial charge < -0.3 is 10.5 Å². The van der Waals surface area contributed by atoms with E-state index in [1.165, 1.54) is 0 Å². The summed E-state index contributed by atoms with van der Waals surface area (Å²) in [6.07, 6.45) is 0. The van der Waals surface area contributed by atoms with Gasteiger partial charge in [-0.3, -0.25) is 0 Å². The van der Waals surface area contributed by atoms with E-state index in [1.807, 2.05) is 36.4 Å². The molecule has 108 valence electrons. The van der Waals surface area contributed by atoms with Crippen LogP contribution in [0.4, 0.5) is 5.69 Å². The van der Waals surface area contributed by atoms with E-state index in [4.69, 9.17) is 15.7 Å². The Hall–Kier alpha value is -2.03. The SMILES string of the molecule is N#Cc1cc(Oc2ccc3cc(Br)ccc3c2Br)ccc1N. The number of benzene rings is 3. The lowest BCUT2D eigenvalue weighted by Gasteiger charge is -2.11. The number of hydrogen-bond donors (Lipinski definition) is 1. The van der Waals surface area contributed by atoms with E-state index in [1.54, 1.807) is 18.2 Å². The standard InChI is InChI=1S/C17H10Br2N2O/c18-12-2-4-14-10(7-12)1-6-16(17(14)19)22-13-3-5-15(21)11(8-13)9-20/h1-8H,21H2. The molecule has 0 aromatic heterocycles. The van der Waals surface area contributed by atoms with E-state index >= 15 is 0 Å². The van der Waals surface area contributed by atoms with Gasteiger partial charge in [0, 0.05) is 16.2 Å². The summed E-state index contributed by atoms with van der Waals surface area (Å²) in [5, 5.41) is 11.2. The number of rotatable bonds is 2. The van der Waals surface area contributed by atoms with E-state index in [-0.39, 0.29) is 0 Å². The van der Waals surface area contributed by atoms with Crippen molar-refractivity contribution in [3.05, 3.63) is 63.0 Å². The summed E-state index contributed by atoms with van der Waals surface area (Å²) >= 11 is 7.05. The maximum Gasteiger partial charge on any atom is 0.142 e. The molecular formula is C17H10Br2N2O. The minimum absolute atomic E-state index is 0.401. The third-order valence-electron chi connectivity index (χ3n) is 3.25. The van der Waals surface area contributed by atoms with Gasteiger partial charge >= 0.3 is 0 Å². The highest BCUT2D eigenvalue weighted by atomic mass is 79.9. The van der Waals surface area contributed by atoms with Gasteiger partial charge in [0.15, 0.2) is 0 Å². The van der Waals surface area contributed by atoms with Crippen molar-refractivity contribution in [1.82, 2.24) is 0 Å². The summed E-state index contributed by atoms with van der Waals surface area (Å²) < 4.78 is 7.77. The molecule has 3 aromatic carbocycles. The lowest BCUT2D eigenvalue weighted by Crippen LogP contribution is -1.92. The zero-order valence-electron chi connectivity index (χ0n) is 11.3. The quantitative estimate of drug-likeness (QED) is 0.551. The molecule has 0 fully saturated rings. The smallest absolute Gasteiger partial charge is 0.142 e. The molecule has 0 unspecified atom stereocenters. The molecule has 0 aliphatic carbocycles. The fraction of sp³-hybridized carbons (Fsp3) is 0. The van der Waals surface area contributed by atoms with Crippen molar-refractivity contribution in [3.63, 3.8) is 0 Å². The highest BCUT2D eigenvalue weighted by Gasteiger charge is 2.09. The van der Waals surface area contributed by atoms with Crippen molar-refractivity contribution < 1.29 is 4.74 Å². The first kappa shape index (κ1) is 14.9. The van der Waals surface area contributed by atoms with Crippen LogP contribution in [-0.2, 0) is 0 Å². The molecule has 0 amide bonds. The lowest BCUT2D eigenvalue weighted by molar-refractivity contribution is 0.480. The van der Waals surface area contributed by atoms with Gasteiger partial charge in [-0.2, -0.15) is 5.26 Å². The van der Waals surface area contributed by atoms with E-state index in [0.717, 1.165) is 19.7 Å². The molecule has 22 heavy (non-hydrogen) atoms. The summed E-state index contributed by atoms with van der Waals surface area (Å²) in [7, 11) is 0. The molecule has 0 spiro atoms. The molecule has 0 aliphatic rings. The molecule has 3 nitrogen and oxygen atoms in total. The molecule has 0 heterocycles. The number of hydrogen-bond acceptors (Lipinski definition) is 3. The fourth-order valence-corrected chi connectivity index (χ4v) is 3.10. The predicted molar refractivity (Wildman–Crippen MR) is 95.0 cm³/mol. The highest BCUT2D eigenvalue weighted by Crippen LogP contribution is 2.37. The zero-order chi connectivity index (χ0) is 15.7. The van der Waals surface area contributed by atoms with Crippen LogP contribution in [0.15, 0.2) is 57.5 Å². The second-order valence-electron chi connectivity index (χ2n) is 4.71. The molecule has 0 aliphatic heterocycles. The van der Waals surface area contributed by atoms with Crippen LogP contribution in [0.25, 0.3) is 10.8 Å². The number of nitrogen functional groups attached to an aromatic ring is 1. The van der Waals surface area contributed by atoms with Gasteiger partial charge in [-0.15, -0.1) is 0 Å². The number of ether oxygens (including phenoxy) is 1. The van der Waals surface area contributed by atoms with Crippen molar-refractivity contribution in [3.8, 4) is 17.6 Å². The van der Waals surface area contributed by atoms with Crippen LogP contribution in [0, 0.1) is 11.3 Å². The normalized spacial score (nSPS) is 10.4. The molecule has 0 radical (unpaired) electrons. The molecule has 5 heteroatoms. The summed E-state index contributed by atoms with van der Waals surface area (Å²) in [5.74, 6) is 1.26. The summed E-state index contributed by atoms with van der Waals surface area (Å²) in [6, 6.07) is 17.0. The average Bonchev–Trinajstić information content (AvgIpc) is 2.51. The topological polar surface area (TPSA) is 59.0 Å². The first-order valence-corrected chi connectivity index (χ1v) is 8.02. The van der Waals surface area contributed by atoms with E-state index in [2.05, 4.69) is 31.9 Å². The Kier molecular flexibility index (Phi) is 4.06. The second-order valence-corrected chi connectivity index (χ2v) is 6.41. The van der Waals surface area contributed by atoms with E-state index in [0.29, 0.717) is 22.7 Å². The molecule has 0 saturated heterocycles. The van der Waals surface area contributed by atoms with Gasteiger partial charge in [0.25, 0.3) is 0 Å². The monoisotopic (exact) mass is 416 g/mol. The number of fused-ring (bicyclic) bond motifs is 1. The number of nitrogens with zero attached hydrogens (tertiary/aromatic N) is 1. The number of anilines is 1. The molecule has 0 saturated carbocycles. The maximum absolute atomic E-state index is 9.03. The number of nitrogens with two attached hydrogens (primary N) is 1. The molecule has 3 rings (SSSR count). The van der Waals surface area contributed by atoms with Crippen LogP contribution < -0.4 is 10.5 Å². The van der Waals surface area contributed by atoms with Crippen molar-refractivity contribution >= 4 is 48.3 Å². The first-order chi connectivity index (χ1) is 10.6. The summed E-state index contributed by atoms with van der Waals surface area (Å²) in [6.45, 7) is 0. The van der Waals surface area contributed by atoms with Crippen LogP contribution in [0.1, 0.15) is 5.56 Å². The van der Waals surface area contributed by atoms with Crippen LogP contribution in [0.2, 0.25) is 0 Å². The van der Waals surface area contributed by atoms with Crippen LogP contribution in [0.3, 0.4) is 0 Å². The Balaban J connectivity index is 2.03. The van der Waals surface area contributed by atoms with E-state index < -0.39 is 0 Å². The maximum atomic E-state index is 9.03. The first-order valence-electron chi connectivity index (χ1n) is 6.44. The average molecular weight is 418 g/mol. The Morgan fingerprint density at radius 1 is 1.00 bits per heavy atom. The van der Waals surface area contributed by atoms with Gasteiger partial charge in [0.1, 0.15) is 17.6 Å². The summed E-state index contributed by atoms with van der Waals surface area (Å²) in [4.78, 5) is 0. The number of halogens is 2. The summed E-state index contributed by atoms with van der Waals surface area (Å²) in [5.41, 5.74) is 6.56. The highest BCUT2D eigenvalue weighted by molar-refractivity contribution is 9.11. The van der Waals surface area contributed by atoms with Crippen molar-refractivity contribution in [1.29, 1.82) is 5.26 Å². The molecule has 0 bridgehead atoms. The Bertz CT molecular complexity index is 916. The van der Waals surface area contributed by atoms with Gasteiger partial charge in [0.05, 0.1) is 10.0 Å². The minimum atomic E-state index is 0.401. The zero-order valence-corrected chi connectivity index (χ0v) is 14.5. The van der Waals surface area contributed by atoms with Gasteiger partial charge in [-0.1, -0.05) is 28.1 Å². The molecule has 2 N–H and O–H groups in total. The van der Waals surface area contributed by atoms with Crippen molar-refractivity contribution in [2.75, 3.05) is 5.73 Å². The third kappa shape index (κ3) is 2.80. The van der Waals surface area contributed by atoms with Crippen LogP contribution >= 0.6 is 31.9 Å². The Morgan fingerprint density at radius 3 is 2.59 bits per heavy atom. The van der Waals surface area contributed by atoms with E-state index in [9.17, 15) is 0 Å². The molecule has 0 atom stereocenters. The Labute approximate surface area is 144 Å². The van der Waals surface area contributed by atoms with Gasteiger partial charge in [0.2, 0.25) is 0 Å². The van der Waals surface area contributed by atoms with Crippen molar-refractivity contribution in [2.45, 2.75) is 0 Å². The van der Waals surface area contributed by atoms with Crippen LogP contribution in [0.5, 0.6) is 11.5 Å².